The number of rotatable bonds is 3. The topological polar surface area (TPSA) is 84.2 Å². The number of hydrogen-bond donors (Lipinski definition) is 2. The molecule has 7 heteroatoms. The first-order chi connectivity index (χ1) is 13.7. The largest absolute Gasteiger partial charge is 0.354 e. The normalized spacial score (nSPS) is 17.0. The van der Waals surface area contributed by atoms with Crippen molar-refractivity contribution in [2.45, 2.75) is 25.8 Å². The Balaban J connectivity index is 1.70. The van der Waals surface area contributed by atoms with E-state index < -0.39 is 0 Å². The molecule has 0 spiro atoms. The van der Waals surface area contributed by atoms with Gasteiger partial charge < -0.3 is 10.6 Å². The number of para-hydroxylation sites is 1. The molecular formula is C21H20N6O. The highest BCUT2D eigenvalue weighted by Gasteiger charge is 2.24. The maximum absolute atomic E-state index is 12.2. The number of carbonyl (C=O) groups is 1. The first-order valence-corrected chi connectivity index (χ1v) is 9.46. The average Bonchev–Trinajstić information content (AvgIpc) is 3.16. The lowest BCUT2D eigenvalue weighted by Gasteiger charge is -2.23. The summed E-state index contributed by atoms with van der Waals surface area (Å²) < 4.78 is 1.71. The summed E-state index contributed by atoms with van der Waals surface area (Å²) in [6.07, 6.45) is 1.70. The zero-order valence-corrected chi connectivity index (χ0v) is 15.5. The van der Waals surface area contributed by atoms with Crippen LogP contribution in [0.25, 0.3) is 27.9 Å². The molecular weight excluding hydrogens is 352 g/mol. The van der Waals surface area contributed by atoms with E-state index in [2.05, 4.69) is 10.6 Å². The monoisotopic (exact) mass is 372 g/mol. The second-order valence-corrected chi connectivity index (χ2v) is 7.07. The number of aryl methyl sites for hydroxylation is 1. The number of amides is 1. The summed E-state index contributed by atoms with van der Waals surface area (Å²) in [6, 6.07) is 15.6. The highest BCUT2D eigenvalue weighted by Crippen LogP contribution is 2.26. The van der Waals surface area contributed by atoms with E-state index in [0.717, 1.165) is 47.1 Å². The van der Waals surface area contributed by atoms with Crippen LogP contribution >= 0.6 is 0 Å². The van der Waals surface area contributed by atoms with Gasteiger partial charge in [-0.15, -0.1) is 5.10 Å². The molecule has 7 nitrogen and oxygen atoms in total. The zero-order valence-electron chi connectivity index (χ0n) is 15.5. The van der Waals surface area contributed by atoms with Crippen LogP contribution in [0, 0.1) is 6.92 Å². The van der Waals surface area contributed by atoms with Crippen LogP contribution in [0.2, 0.25) is 0 Å². The lowest BCUT2D eigenvalue weighted by atomic mass is 10.1. The van der Waals surface area contributed by atoms with Crippen LogP contribution in [0.5, 0.6) is 0 Å². The molecule has 2 N–H and O–H groups in total. The van der Waals surface area contributed by atoms with Gasteiger partial charge in [-0.2, -0.15) is 4.52 Å². The summed E-state index contributed by atoms with van der Waals surface area (Å²) in [5.41, 5.74) is 3.63. The third-order valence-electron chi connectivity index (χ3n) is 5.15. The predicted octanol–water partition coefficient (Wildman–Crippen LogP) is 2.94. The molecule has 0 saturated carbocycles. The number of hydrogen-bond acceptors (Lipinski definition) is 5. The predicted molar refractivity (Wildman–Crippen MR) is 108 cm³/mol. The smallest absolute Gasteiger partial charge is 0.242 e. The molecule has 2 aromatic carbocycles. The van der Waals surface area contributed by atoms with Crippen molar-refractivity contribution in [1.82, 2.24) is 24.9 Å². The van der Waals surface area contributed by atoms with E-state index in [9.17, 15) is 4.79 Å². The van der Waals surface area contributed by atoms with E-state index in [1.807, 2.05) is 55.5 Å². The number of nitrogens with one attached hydrogen (secondary N) is 2. The molecule has 1 fully saturated rings. The van der Waals surface area contributed by atoms with E-state index in [1.54, 1.807) is 4.52 Å². The van der Waals surface area contributed by atoms with Gasteiger partial charge in [0.2, 0.25) is 11.9 Å². The summed E-state index contributed by atoms with van der Waals surface area (Å²) in [7, 11) is 0. The molecule has 0 radical (unpaired) electrons. The van der Waals surface area contributed by atoms with Gasteiger partial charge in [0.1, 0.15) is 6.04 Å². The fourth-order valence-corrected chi connectivity index (χ4v) is 3.65. The summed E-state index contributed by atoms with van der Waals surface area (Å²) in [5.74, 6) is 1.17. The fourth-order valence-electron chi connectivity index (χ4n) is 3.65. The van der Waals surface area contributed by atoms with Crippen LogP contribution in [-0.4, -0.2) is 38.1 Å². The van der Waals surface area contributed by atoms with Gasteiger partial charge in [0, 0.05) is 17.5 Å². The molecule has 0 unspecified atom stereocenters. The van der Waals surface area contributed by atoms with Gasteiger partial charge in [0.15, 0.2) is 11.5 Å². The van der Waals surface area contributed by atoms with Gasteiger partial charge in [-0.05, 0) is 37.5 Å². The Hall–Kier alpha value is -3.48. The first kappa shape index (κ1) is 16.7. The average molecular weight is 372 g/mol. The van der Waals surface area contributed by atoms with Crippen molar-refractivity contribution in [2.24, 2.45) is 0 Å². The Morgan fingerprint density at radius 3 is 2.79 bits per heavy atom. The second-order valence-electron chi connectivity index (χ2n) is 7.07. The number of fused-ring (bicyclic) bond motifs is 3. The van der Waals surface area contributed by atoms with Crippen molar-refractivity contribution in [3.8, 4) is 11.4 Å². The molecule has 4 aromatic rings. The van der Waals surface area contributed by atoms with Gasteiger partial charge in [0.05, 0.1) is 5.52 Å². The molecule has 2 aromatic heterocycles. The van der Waals surface area contributed by atoms with E-state index in [1.165, 1.54) is 0 Å². The van der Waals surface area contributed by atoms with Crippen molar-refractivity contribution in [1.29, 1.82) is 0 Å². The Kier molecular flexibility index (Phi) is 3.93. The molecule has 5 rings (SSSR count). The SMILES string of the molecule is Cc1ccccc1-c1nc2c3ccccc3nc(N[C@H]3CCCNC3=O)n2n1. The van der Waals surface area contributed by atoms with Crippen LogP contribution in [0.4, 0.5) is 5.95 Å². The zero-order chi connectivity index (χ0) is 19.1. The van der Waals surface area contributed by atoms with E-state index in [0.29, 0.717) is 11.8 Å². The van der Waals surface area contributed by atoms with Crippen LogP contribution < -0.4 is 10.6 Å². The third-order valence-corrected chi connectivity index (χ3v) is 5.15. The number of piperidine rings is 1. The highest BCUT2D eigenvalue weighted by molar-refractivity contribution is 5.93. The van der Waals surface area contributed by atoms with Crippen molar-refractivity contribution in [3.05, 3.63) is 54.1 Å². The molecule has 1 saturated heterocycles. The van der Waals surface area contributed by atoms with Crippen LogP contribution in [-0.2, 0) is 4.79 Å². The molecule has 1 atom stereocenters. The minimum absolute atomic E-state index is 0.00592. The molecule has 140 valence electrons. The van der Waals surface area contributed by atoms with E-state index >= 15 is 0 Å². The first-order valence-electron chi connectivity index (χ1n) is 9.46. The molecule has 0 bridgehead atoms. The summed E-state index contributed by atoms with van der Waals surface area (Å²) in [5, 5.41) is 11.8. The molecule has 28 heavy (non-hydrogen) atoms. The Morgan fingerprint density at radius 1 is 1.11 bits per heavy atom. The Labute approximate surface area is 161 Å². The number of nitrogens with zero attached hydrogens (tertiary/aromatic N) is 4. The third kappa shape index (κ3) is 2.76. The Bertz CT molecular complexity index is 1200. The number of aromatic nitrogens is 4. The Morgan fingerprint density at radius 2 is 1.93 bits per heavy atom. The van der Waals surface area contributed by atoms with Crippen LogP contribution in [0.1, 0.15) is 18.4 Å². The van der Waals surface area contributed by atoms with Gasteiger partial charge >= 0.3 is 0 Å². The van der Waals surface area contributed by atoms with Gasteiger partial charge in [0.25, 0.3) is 0 Å². The maximum atomic E-state index is 12.2. The number of anilines is 1. The summed E-state index contributed by atoms with van der Waals surface area (Å²) in [6.45, 7) is 2.77. The highest BCUT2D eigenvalue weighted by atomic mass is 16.2. The summed E-state index contributed by atoms with van der Waals surface area (Å²) >= 11 is 0. The van der Waals surface area contributed by atoms with Crippen molar-refractivity contribution in [3.63, 3.8) is 0 Å². The fraction of sp³-hybridized carbons (Fsp3) is 0.238. The standard InChI is InChI=1S/C21H20N6O/c1-13-7-2-3-8-14(13)18-25-19-15-9-4-5-10-16(15)23-21(27(19)26-18)24-17-11-6-12-22-20(17)28/h2-5,7-10,17H,6,11-12H2,1H3,(H,22,28)(H,23,24)/t17-/m0/s1. The van der Waals surface area contributed by atoms with Crippen molar-refractivity contribution in [2.75, 3.05) is 11.9 Å². The second kappa shape index (κ2) is 6.60. The molecule has 1 amide bonds. The minimum Gasteiger partial charge on any atom is -0.354 e. The number of carbonyl (C=O) groups excluding carboxylic acids is 1. The molecule has 1 aliphatic heterocycles. The molecule has 1 aliphatic rings. The number of benzene rings is 2. The molecule has 0 aliphatic carbocycles. The van der Waals surface area contributed by atoms with Gasteiger partial charge in [-0.1, -0.05) is 36.4 Å². The maximum Gasteiger partial charge on any atom is 0.242 e. The minimum atomic E-state index is -0.322. The van der Waals surface area contributed by atoms with Gasteiger partial charge in [-0.25, -0.2) is 9.97 Å². The molecule has 3 heterocycles. The van der Waals surface area contributed by atoms with Crippen LogP contribution in [0.3, 0.4) is 0 Å². The van der Waals surface area contributed by atoms with E-state index in [4.69, 9.17) is 15.1 Å². The van der Waals surface area contributed by atoms with Gasteiger partial charge in [-0.3, -0.25) is 4.79 Å². The van der Waals surface area contributed by atoms with Crippen molar-refractivity contribution >= 4 is 28.4 Å². The lowest BCUT2D eigenvalue weighted by Crippen LogP contribution is -2.44. The van der Waals surface area contributed by atoms with E-state index in [-0.39, 0.29) is 11.9 Å². The van der Waals surface area contributed by atoms with Crippen LogP contribution in [0.15, 0.2) is 48.5 Å². The quantitative estimate of drug-likeness (QED) is 0.578. The van der Waals surface area contributed by atoms with Crippen molar-refractivity contribution < 1.29 is 4.79 Å². The summed E-state index contributed by atoms with van der Waals surface area (Å²) in [4.78, 5) is 21.8. The lowest BCUT2D eigenvalue weighted by molar-refractivity contribution is -0.123.